The Labute approximate surface area is 142 Å². The van der Waals surface area contributed by atoms with Gasteiger partial charge < -0.3 is 10.1 Å². The van der Waals surface area contributed by atoms with E-state index in [1.807, 2.05) is 0 Å². The Kier molecular flexibility index (Phi) is 4.71. The maximum absolute atomic E-state index is 12.4. The Hall–Kier alpha value is -2.94. The molecule has 0 bridgehead atoms. The molecule has 0 atom stereocenters. The van der Waals surface area contributed by atoms with E-state index in [9.17, 15) is 4.79 Å². The fraction of sp³-hybridized carbons (Fsp3) is 0.200. The average molecular weight is 342 g/mol. The van der Waals surface area contributed by atoms with Crippen LogP contribution in [0, 0.1) is 0 Å². The van der Waals surface area contributed by atoms with Gasteiger partial charge in [-0.3, -0.25) is 0 Å². The van der Waals surface area contributed by atoms with Crippen LogP contribution in [-0.4, -0.2) is 37.0 Å². The highest BCUT2D eigenvalue weighted by molar-refractivity contribution is 7.18. The van der Waals surface area contributed by atoms with Crippen LogP contribution in [0.4, 0.5) is 11.1 Å². The van der Waals surface area contributed by atoms with Crippen molar-refractivity contribution in [2.24, 2.45) is 0 Å². The van der Waals surface area contributed by atoms with Gasteiger partial charge in [0.15, 0.2) is 5.13 Å². The summed E-state index contributed by atoms with van der Waals surface area (Å²) in [5.41, 5.74) is 0.977. The summed E-state index contributed by atoms with van der Waals surface area (Å²) in [5.74, 6) is -0.0533. The second-order valence-corrected chi connectivity index (χ2v) is 5.94. The molecule has 9 heteroatoms. The van der Waals surface area contributed by atoms with Crippen LogP contribution < -0.4 is 5.32 Å². The first-order chi connectivity index (χ1) is 11.6. The molecule has 0 aliphatic carbocycles. The topological polar surface area (TPSA) is 103 Å². The lowest BCUT2D eigenvalue weighted by Crippen LogP contribution is -2.11. The zero-order chi connectivity index (χ0) is 16.9. The number of esters is 1. The minimum atomic E-state index is -0.446. The van der Waals surface area contributed by atoms with Gasteiger partial charge in [0.25, 0.3) is 0 Å². The van der Waals surface area contributed by atoms with Gasteiger partial charge in [0.05, 0.1) is 11.8 Å². The first-order valence-corrected chi connectivity index (χ1v) is 7.97. The summed E-state index contributed by atoms with van der Waals surface area (Å²) in [5, 5.41) is 3.45. The van der Waals surface area contributed by atoms with Crippen molar-refractivity contribution in [2.45, 2.75) is 20.0 Å². The van der Waals surface area contributed by atoms with E-state index in [1.54, 1.807) is 44.6 Å². The van der Waals surface area contributed by atoms with Crippen LogP contribution in [0.2, 0.25) is 0 Å². The summed E-state index contributed by atoms with van der Waals surface area (Å²) in [6.07, 6.45) is 5.99. The number of aromatic nitrogens is 5. The molecule has 122 valence electrons. The lowest BCUT2D eigenvalue weighted by atomic mass is 10.2. The minimum Gasteiger partial charge on any atom is -0.459 e. The summed E-state index contributed by atoms with van der Waals surface area (Å²) in [6.45, 7) is 3.58. The first-order valence-electron chi connectivity index (χ1n) is 7.15. The summed E-state index contributed by atoms with van der Waals surface area (Å²) >= 11 is 1.16. The van der Waals surface area contributed by atoms with Crippen LogP contribution in [-0.2, 0) is 4.74 Å². The molecule has 24 heavy (non-hydrogen) atoms. The van der Waals surface area contributed by atoms with E-state index >= 15 is 0 Å². The van der Waals surface area contributed by atoms with Crippen molar-refractivity contribution < 1.29 is 9.53 Å². The van der Waals surface area contributed by atoms with E-state index in [2.05, 4.69) is 30.2 Å². The van der Waals surface area contributed by atoms with Gasteiger partial charge in [-0.15, -0.1) is 0 Å². The predicted octanol–water partition coefficient (Wildman–Crippen LogP) is 2.70. The second-order valence-electron chi connectivity index (χ2n) is 4.94. The van der Waals surface area contributed by atoms with Gasteiger partial charge in [0.2, 0.25) is 5.95 Å². The Balaban J connectivity index is 1.97. The van der Waals surface area contributed by atoms with Crippen molar-refractivity contribution in [2.75, 3.05) is 5.32 Å². The third kappa shape index (κ3) is 3.69. The van der Waals surface area contributed by atoms with E-state index < -0.39 is 5.97 Å². The molecule has 0 aliphatic heterocycles. The van der Waals surface area contributed by atoms with Gasteiger partial charge in [-0.05, 0) is 26.0 Å². The van der Waals surface area contributed by atoms with Crippen LogP contribution in [0.5, 0.6) is 0 Å². The molecule has 3 aromatic rings. The van der Waals surface area contributed by atoms with Crippen LogP contribution in [0.3, 0.4) is 0 Å². The molecule has 0 amide bonds. The quantitative estimate of drug-likeness (QED) is 0.706. The fourth-order valence-corrected chi connectivity index (χ4v) is 2.69. The lowest BCUT2D eigenvalue weighted by Gasteiger charge is -2.06. The summed E-state index contributed by atoms with van der Waals surface area (Å²) in [6, 6.07) is 3.40. The van der Waals surface area contributed by atoms with Crippen molar-refractivity contribution in [3.05, 3.63) is 41.9 Å². The summed E-state index contributed by atoms with van der Waals surface area (Å²) < 4.78 is 5.29. The van der Waals surface area contributed by atoms with E-state index in [1.165, 1.54) is 6.33 Å². The Morgan fingerprint density at radius 1 is 1.21 bits per heavy atom. The molecule has 1 N–H and O–H groups in total. The monoisotopic (exact) mass is 342 g/mol. The summed E-state index contributed by atoms with van der Waals surface area (Å²) in [7, 11) is 0. The molecule has 0 aliphatic rings. The van der Waals surface area contributed by atoms with Crippen LogP contribution in [0.15, 0.2) is 37.1 Å². The van der Waals surface area contributed by atoms with Crippen LogP contribution >= 0.6 is 11.3 Å². The third-order valence-corrected chi connectivity index (χ3v) is 3.72. The van der Waals surface area contributed by atoms with Gasteiger partial charge in [0.1, 0.15) is 16.9 Å². The molecule has 0 saturated heterocycles. The van der Waals surface area contributed by atoms with Crippen molar-refractivity contribution >= 4 is 28.4 Å². The molecule has 3 heterocycles. The Morgan fingerprint density at radius 2 is 2.00 bits per heavy atom. The van der Waals surface area contributed by atoms with E-state index in [0.717, 1.165) is 11.3 Å². The zero-order valence-electron chi connectivity index (χ0n) is 13.0. The van der Waals surface area contributed by atoms with Gasteiger partial charge in [-0.2, -0.15) is 0 Å². The molecular formula is C15H14N6O2S. The highest BCUT2D eigenvalue weighted by Gasteiger charge is 2.22. The molecule has 3 aromatic heterocycles. The maximum Gasteiger partial charge on any atom is 0.351 e. The normalized spacial score (nSPS) is 10.6. The smallest absolute Gasteiger partial charge is 0.351 e. The maximum atomic E-state index is 12.4. The van der Waals surface area contributed by atoms with Crippen molar-refractivity contribution in [1.82, 2.24) is 24.9 Å². The molecule has 0 spiro atoms. The molecule has 0 aromatic carbocycles. The first kappa shape index (κ1) is 15.9. The van der Waals surface area contributed by atoms with E-state index in [0.29, 0.717) is 27.3 Å². The highest BCUT2D eigenvalue weighted by Crippen LogP contribution is 2.31. The number of carbonyl (C=O) groups excluding carboxylic acids is 1. The van der Waals surface area contributed by atoms with Crippen LogP contribution in [0.25, 0.3) is 11.4 Å². The van der Waals surface area contributed by atoms with Crippen molar-refractivity contribution in [3.8, 4) is 11.4 Å². The van der Waals surface area contributed by atoms with Gasteiger partial charge in [0, 0.05) is 18.6 Å². The zero-order valence-corrected chi connectivity index (χ0v) is 13.8. The van der Waals surface area contributed by atoms with Gasteiger partial charge in [-0.1, -0.05) is 11.3 Å². The second kappa shape index (κ2) is 7.09. The number of hydrogen-bond donors (Lipinski definition) is 1. The van der Waals surface area contributed by atoms with E-state index in [4.69, 9.17) is 4.74 Å². The number of ether oxygens (including phenoxy) is 1. The van der Waals surface area contributed by atoms with Crippen molar-refractivity contribution in [3.63, 3.8) is 0 Å². The molecule has 8 nitrogen and oxygen atoms in total. The largest absolute Gasteiger partial charge is 0.459 e. The highest BCUT2D eigenvalue weighted by atomic mass is 32.1. The molecular weight excluding hydrogens is 328 g/mol. The number of thiazole rings is 1. The van der Waals surface area contributed by atoms with Gasteiger partial charge >= 0.3 is 5.97 Å². The molecule has 0 unspecified atom stereocenters. The van der Waals surface area contributed by atoms with Crippen molar-refractivity contribution in [1.29, 1.82) is 0 Å². The Morgan fingerprint density at radius 3 is 2.67 bits per heavy atom. The van der Waals surface area contributed by atoms with Crippen LogP contribution in [0.1, 0.15) is 23.5 Å². The Bertz CT molecular complexity index is 822. The predicted molar refractivity (Wildman–Crippen MR) is 89.0 cm³/mol. The SMILES string of the molecule is CC(C)OC(=O)c1sc(Nc2ncccn2)nc1-c1ccncn1. The fourth-order valence-electron chi connectivity index (χ4n) is 1.84. The number of rotatable bonds is 5. The number of carbonyl (C=O) groups is 1. The van der Waals surface area contributed by atoms with Gasteiger partial charge in [-0.25, -0.2) is 29.7 Å². The molecule has 0 fully saturated rings. The number of hydrogen-bond acceptors (Lipinski definition) is 9. The summed E-state index contributed by atoms with van der Waals surface area (Å²) in [4.78, 5) is 33.4. The standard InChI is InChI=1S/C15H14N6O2S/c1-9(2)23-13(22)12-11(10-4-7-16-8-19-10)20-15(24-12)21-14-17-5-3-6-18-14/h3-9H,1-2H3,(H,17,18,20,21). The number of nitrogens with zero attached hydrogens (tertiary/aromatic N) is 5. The average Bonchev–Trinajstić information content (AvgIpc) is 3.00. The number of anilines is 2. The lowest BCUT2D eigenvalue weighted by molar-refractivity contribution is 0.0384. The van der Waals surface area contributed by atoms with E-state index in [-0.39, 0.29) is 6.10 Å². The number of nitrogens with one attached hydrogen (secondary N) is 1. The molecule has 0 radical (unpaired) electrons. The minimum absolute atomic E-state index is 0.230. The molecule has 0 saturated carbocycles. The third-order valence-electron chi connectivity index (χ3n) is 2.76. The molecule has 3 rings (SSSR count).